The van der Waals surface area contributed by atoms with Crippen LogP contribution in [-0.2, 0) is 26.6 Å². The smallest absolute Gasteiger partial charge is 0.374 e. The van der Waals surface area contributed by atoms with E-state index in [0.717, 1.165) is 50.0 Å². The molecule has 0 aromatic rings. The summed E-state index contributed by atoms with van der Waals surface area (Å²) >= 11 is 2.77. The maximum Gasteiger partial charge on any atom is 0.500 e. The van der Waals surface area contributed by atoms with Crippen molar-refractivity contribution >= 4 is 51.6 Å². The molecule has 0 radical (unpaired) electrons. The van der Waals surface area contributed by atoms with Gasteiger partial charge in [0.2, 0.25) is 0 Å². The largest absolute Gasteiger partial charge is 0.500 e. The summed E-state index contributed by atoms with van der Waals surface area (Å²) in [6, 6.07) is 1.40. The first-order valence-corrected chi connectivity index (χ1v) is 21.8. The number of rotatable bonds is 24. The highest BCUT2D eigenvalue weighted by Crippen LogP contribution is 2.33. The van der Waals surface area contributed by atoms with Crippen molar-refractivity contribution < 1.29 is 36.1 Å². The third-order valence-electron chi connectivity index (χ3n) is 6.91. The number of thioether (sulfide) groups is 2. The molecule has 42 heavy (non-hydrogen) atoms. The third kappa shape index (κ3) is 16.8. The van der Waals surface area contributed by atoms with Crippen LogP contribution in [-0.4, -0.2) is 92.3 Å². The number of hydrogen-bond acceptors (Lipinski definition) is 10. The standard InChI is InChI=1S/C28H58N2O8S2Si2/c1-7-33-41(34-8-2,35-9-3)21-13-19-29-27(31)39-23-25-15-17-26(18-16-25)24-40-28(32)30-20-14-22-42(36-10-4,37-11-5)38-12-6/h25-26H,7-24H2,1-6H3,(H,29,31)(H,30,32). The molecule has 0 atom stereocenters. The molecule has 0 unspecified atom stereocenters. The van der Waals surface area contributed by atoms with Crippen LogP contribution in [0.2, 0.25) is 12.1 Å². The first-order chi connectivity index (χ1) is 20.3. The monoisotopic (exact) mass is 670 g/mol. The van der Waals surface area contributed by atoms with Gasteiger partial charge in [-0.15, -0.1) is 0 Å². The number of nitrogens with one attached hydrogen (secondary N) is 2. The zero-order valence-corrected chi connectivity index (χ0v) is 30.6. The van der Waals surface area contributed by atoms with E-state index in [4.69, 9.17) is 26.6 Å². The van der Waals surface area contributed by atoms with Crippen LogP contribution in [0.3, 0.4) is 0 Å². The van der Waals surface area contributed by atoms with E-state index in [1.807, 2.05) is 41.5 Å². The molecule has 1 fully saturated rings. The molecule has 1 rings (SSSR count). The Kier molecular flexibility index (Phi) is 22.9. The van der Waals surface area contributed by atoms with Crippen LogP contribution in [0.25, 0.3) is 0 Å². The lowest BCUT2D eigenvalue weighted by Gasteiger charge is -2.28. The van der Waals surface area contributed by atoms with E-state index in [0.29, 0.717) is 76.7 Å². The van der Waals surface area contributed by atoms with Crippen LogP contribution < -0.4 is 10.6 Å². The molecule has 0 spiro atoms. The second-order valence-corrected chi connectivity index (χ2v) is 17.6. The van der Waals surface area contributed by atoms with Crippen LogP contribution in [0.1, 0.15) is 80.1 Å². The molecular weight excluding hydrogens is 613 g/mol. The SMILES string of the molecule is CCO[Si](CCCNC(=O)SCC1CCC(CSC(=O)NCCC[Si](OCC)(OCC)OCC)CC1)(OCC)OCC. The van der Waals surface area contributed by atoms with Crippen LogP contribution in [0.5, 0.6) is 0 Å². The molecule has 1 aliphatic rings. The van der Waals surface area contributed by atoms with Gasteiger partial charge in [0, 0.05) is 76.3 Å². The summed E-state index contributed by atoms with van der Waals surface area (Å²) in [5.74, 6) is 2.79. The molecule has 0 heterocycles. The molecule has 2 N–H and O–H groups in total. The van der Waals surface area contributed by atoms with E-state index in [1.54, 1.807) is 0 Å². The number of hydrogen-bond donors (Lipinski definition) is 2. The Labute approximate surface area is 265 Å². The summed E-state index contributed by atoms with van der Waals surface area (Å²) in [5, 5.41) is 6.11. The van der Waals surface area contributed by atoms with Gasteiger partial charge in [-0.3, -0.25) is 9.59 Å². The first-order valence-electron chi connectivity index (χ1n) is 16.0. The highest BCUT2D eigenvalue weighted by atomic mass is 32.2. The molecule has 2 amide bonds. The summed E-state index contributed by atoms with van der Waals surface area (Å²) in [5.41, 5.74) is 0. The number of amides is 2. The molecule has 0 aromatic heterocycles. The van der Waals surface area contributed by atoms with Gasteiger partial charge in [0.1, 0.15) is 0 Å². The molecule has 0 bridgehead atoms. The third-order valence-corrected chi connectivity index (χ3v) is 15.3. The van der Waals surface area contributed by atoms with Gasteiger partial charge < -0.3 is 37.2 Å². The Bertz CT molecular complexity index is 629. The number of carbonyl (C=O) groups is 2. The zero-order chi connectivity index (χ0) is 31.1. The minimum absolute atomic E-state index is 0.0320. The molecule has 1 saturated carbocycles. The van der Waals surface area contributed by atoms with E-state index < -0.39 is 17.6 Å². The molecule has 1 aliphatic carbocycles. The molecule has 0 saturated heterocycles. The van der Waals surface area contributed by atoms with Gasteiger partial charge in [0.25, 0.3) is 10.5 Å². The normalized spacial score (nSPS) is 17.8. The Morgan fingerprint density at radius 1 is 0.571 bits per heavy atom. The molecule has 248 valence electrons. The predicted molar refractivity (Wildman–Crippen MR) is 177 cm³/mol. The second-order valence-electron chi connectivity index (χ2n) is 10.1. The highest BCUT2D eigenvalue weighted by molar-refractivity contribution is 8.13. The first kappa shape index (κ1) is 39.9. The minimum atomic E-state index is -2.66. The fourth-order valence-electron chi connectivity index (χ4n) is 5.05. The van der Waals surface area contributed by atoms with E-state index in [1.165, 1.54) is 23.5 Å². The maximum atomic E-state index is 12.4. The summed E-state index contributed by atoms with van der Waals surface area (Å²) in [4.78, 5) is 24.8. The van der Waals surface area contributed by atoms with Crippen molar-refractivity contribution in [1.82, 2.24) is 10.6 Å². The van der Waals surface area contributed by atoms with Gasteiger partial charge in [-0.25, -0.2) is 0 Å². The van der Waals surface area contributed by atoms with Gasteiger partial charge in [-0.1, -0.05) is 23.5 Å². The average Bonchev–Trinajstić information content (AvgIpc) is 2.97. The van der Waals surface area contributed by atoms with Crippen molar-refractivity contribution in [3.05, 3.63) is 0 Å². The molecule has 14 heteroatoms. The van der Waals surface area contributed by atoms with Crippen LogP contribution in [0.4, 0.5) is 9.59 Å². The van der Waals surface area contributed by atoms with Gasteiger partial charge in [0.05, 0.1) is 0 Å². The van der Waals surface area contributed by atoms with Gasteiger partial charge in [0.15, 0.2) is 0 Å². The van der Waals surface area contributed by atoms with Crippen LogP contribution in [0.15, 0.2) is 0 Å². The number of carbonyl (C=O) groups excluding carboxylic acids is 2. The van der Waals surface area contributed by atoms with Crippen molar-refractivity contribution in [3.63, 3.8) is 0 Å². The average molecular weight is 671 g/mol. The molecular formula is C28H58N2O8S2Si2. The molecule has 0 aromatic carbocycles. The Hall–Kier alpha value is -0.166. The fourth-order valence-corrected chi connectivity index (χ4v) is 12.1. The van der Waals surface area contributed by atoms with E-state index in [-0.39, 0.29) is 10.5 Å². The minimum Gasteiger partial charge on any atom is -0.374 e. The molecule has 10 nitrogen and oxygen atoms in total. The van der Waals surface area contributed by atoms with Crippen molar-refractivity contribution in [2.45, 2.75) is 92.2 Å². The van der Waals surface area contributed by atoms with Crippen molar-refractivity contribution in [1.29, 1.82) is 0 Å². The van der Waals surface area contributed by atoms with Crippen molar-refractivity contribution in [2.24, 2.45) is 11.8 Å². The topological polar surface area (TPSA) is 114 Å². The van der Waals surface area contributed by atoms with Gasteiger partial charge in [-0.05, 0) is 91.9 Å². The van der Waals surface area contributed by atoms with Crippen molar-refractivity contribution in [3.8, 4) is 0 Å². The van der Waals surface area contributed by atoms with E-state index >= 15 is 0 Å². The second kappa shape index (κ2) is 24.1. The lowest BCUT2D eigenvalue weighted by atomic mass is 9.84. The van der Waals surface area contributed by atoms with Crippen LogP contribution in [0, 0.1) is 11.8 Å². The Balaban J connectivity index is 2.21. The summed E-state index contributed by atoms with van der Waals surface area (Å²) in [6.45, 7) is 16.3. The van der Waals surface area contributed by atoms with E-state index in [2.05, 4.69) is 10.6 Å². The Morgan fingerprint density at radius 2 is 0.857 bits per heavy atom. The van der Waals surface area contributed by atoms with Crippen LogP contribution >= 0.6 is 23.5 Å². The highest BCUT2D eigenvalue weighted by Gasteiger charge is 2.40. The quantitative estimate of drug-likeness (QED) is 0.0865. The fraction of sp³-hybridized carbons (Fsp3) is 0.929. The lowest BCUT2D eigenvalue weighted by Crippen LogP contribution is -2.46. The maximum absolute atomic E-state index is 12.4. The van der Waals surface area contributed by atoms with E-state index in [9.17, 15) is 9.59 Å². The Morgan fingerprint density at radius 3 is 1.12 bits per heavy atom. The predicted octanol–water partition coefficient (Wildman–Crippen LogP) is 6.56. The molecule has 0 aliphatic heterocycles. The summed E-state index contributed by atoms with van der Waals surface area (Å²) in [6.07, 6.45) is 5.97. The van der Waals surface area contributed by atoms with Gasteiger partial charge >= 0.3 is 17.6 Å². The lowest BCUT2D eigenvalue weighted by molar-refractivity contribution is 0.0701. The summed E-state index contributed by atoms with van der Waals surface area (Å²) in [7, 11) is -5.31. The van der Waals surface area contributed by atoms with Gasteiger partial charge in [-0.2, -0.15) is 0 Å². The summed E-state index contributed by atoms with van der Waals surface area (Å²) < 4.78 is 35.3. The zero-order valence-electron chi connectivity index (χ0n) is 27.0. The van der Waals surface area contributed by atoms with Crippen molar-refractivity contribution in [2.75, 3.05) is 64.2 Å².